The lowest BCUT2D eigenvalue weighted by Gasteiger charge is -1.95. The van der Waals surface area contributed by atoms with Crippen LogP contribution in [0.2, 0.25) is 0 Å². The smallest absolute Gasteiger partial charge is 0.305 e. The largest absolute Gasteiger partial charge is 0.469 e. The number of esters is 1. The van der Waals surface area contributed by atoms with E-state index in [4.69, 9.17) is 0 Å². The number of H-pyrrole nitrogens is 1. The van der Waals surface area contributed by atoms with Crippen LogP contribution in [0, 0.1) is 0 Å². The van der Waals surface area contributed by atoms with Crippen LogP contribution in [0.5, 0.6) is 0 Å². The fourth-order valence-electron chi connectivity index (χ4n) is 0.763. The number of hydrogen-bond acceptors (Lipinski definition) is 3. The molecule has 0 unspecified atom stereocenters. The lowest BCUT2D eigenvalue weighted by atomic mass is 10.2. The first kappa shape index (κ1) is 7.78. The van der Waals surface area contributed by atoms with Gasteiger partial charge in [-0.25, -0.2) is 0 Å². The number of aryl methyl sites for hydroxylation is 1. The molecule has 0 aliphatic heterocycles. The van der Waals surface area contributed by atoms with Gasteiger partial charge in [0.1, 0.15) is 0 Å². The van der Waals surface area contributed by atoms with Gasteiger partial charge >= 0.3 is 5.97 Å². The third kappa shape index (κ3) is 2.41. The summed E-state index contributed by atoms with van der Waals surface area (Å²) in [7, 11) is 1.39. The molecule has 0 radical (unpaired) electrons. The zero-order valence-corrected chi connectivity index (χ0v) is 6.33. The molecule has 11 heavy (non-hydrogen) atoms. The molecule has 1 aromatic rings. The zero-order chi connectivity index (χ0) is 8.10. The van der Waals surface area contributed by atoms with Crippen LogP contribution in [0.15, 0.2) is 12.4 Å². The summed E-state index contributed by atoms with van der Waals surface area (Å²) in [6.45, 7) is 0. The molecule has 0 saturated heterocycles. The van der Waals surface area contributed by atoms with Crippen molar-refractivity contribution >= 4 is 5.97 Å². The topological polar surface area (TPSA) is 55.0 Å². The van der Waals surface area contributed by atoms with Gasteiger partial charge in [0.15, 0.2) is 0 Å². The van der Waals surface area contributed by atoms with Crippen LogP contribution in [0.25, 0.3) is 0 Å². The van der Waals surface area contributed by atoms with E-state index in [1.807, 2.05) is 0 Å². The predicted octanol–water partition coefficient (Wildman–Crippen LogP) is 0.515. The molecule has 0 amide bonds. The molecule has 1 rings (SSSR count). The molecule has 0 aromatic carbocycles. The highest BCUT2D eigenvalue weighted by Crippen LogP contribution is 1.99. The molecule has 0 bridgehead atoms. The normalized spacial score (nSPS) is 9.55. The fraction of sp³-hybridized carbons (Fsp3) is 0.429. The van der Waals surface area contributed by atoms with Crippen LogP contribution in [-0.2, 0) is 16.0 Å². The number of carbonyl (C=O) groups is 1. The number of ether oxygens (including phenoxy) is 1. The SMILES string of the molecule is COC(=O)CCc1cn[nH]c1. The van der Waals surface area contributed by atoms with E-state index >= 15 is 0 Å². The molecular weight excluding hydrogens is 144 g/mol. The first-order valence-electron chi connectivity index (χ1n) is 3.37. The van der Waals surface area contributed by atoms with Crippen molar-refractivity contribution in [3.8, 4) is 0 Å². The molecule has 1 N–H and O–H groups in total. The number of nitrogens with one attached hydrogen (secondary N) is 1. The van der Waals surface area contributed by atoms with Crippen molar-refractivity contribution < 1.29 is 9.53 Å². The Morgan fingerprint density at radius 3 is 3.18 bits per heavy atom. The maximum atomic E-state index is 10.7. The van der Waals surface area contributed by atoms with Gasteiger partial charge in [-0.1, -0.05) is 0 Å². The Bertz CT molecular complexity index is 218. The van der Waals surface area contributed by atoms with Crippen molar-refractivity contribution in [1.82, 2.24) is 10.2 Å². The summed E-state index contributed by atoms with van der Waals surface area (Å²) >= 11 is 0. The Balaban J connectivity index is 2.29. The number of rotatable bonds is 3. The zero-order valence-electron chi connectivity index (χ0n) is 6.33. The summed E-state index contributed by atoms with van der Waals surface area (Å²) in [6.07, 6.45) is 4.56. The molecule has 1 aromatic heterocycles. The molecule has 0 fully saturated rings. The summed E-state index contributed by atoms with van der Waals surface area (Å²) in [5.74, 6) is -0.189. The molecule has 0 aliphatic rings. The van der Waals surface area contributed by atoms with Crippen molar-refractivity contribution in [1.29, 1.82) is 0 Å². The summed E-state index contributed by atoms with van der Waals surface area (Å²) < 4.78 is 4.48. The highest BCUT2D eigenvalue weighted by molar-refractivity contribution is 5.69. The second kappa shape index (κ2) is 3.75. The van der Waals surface area contributed by atoms with Crippen molar-refractivity contribution in [3.05, 3.63) is 18.0 Å². The van der Waals surface area contributed by atoms with Crippen LogP contribution < -0.4 is 0 Å². The Hall–Kier alpha value is -1.32. The second-order valence-electron chi connectivity index (χ2n) is 2.18. The number of hydrogen-bond donors (Lipinski definition) is 1. The maximum Gasteiger partial charge on any atom is 0.305 e. The highest BCUT2D eigenvalue weighted by atomic mass is 16.5. The predicted molar refractivity (Wildman–Crippen MR) is 38.9 cm³/mol. The molecule has 0 aliphatic carbocycles. The van der Waals surface area contributed by atoms with Crippen molar-refractivity contribution in [3.63, 3.8) is 0 Å². The quantitative estimate of drug-likeness (QED) is 0.645. The van der Waals surface area contributed by atoms with Gasteiger partial charge in [0.25, 0.3) is 0 Å². The number of aromatic amines is 1. The van der Waals surface area contributed by atoms with Gasteiger partial charge in [-0.3, -0.25) is 9.89 Å². The third-order valence-corrected chi connectivity index (χ3v) is 1.40. The van der Waals surface area contributed by atoms with Crippen molar-refractivity contribution in [2.75, 3.05) is 7.11 Å². The molecule has 1 heterocycles. The first-order valence-corrected chi connectivity index (χ1v) is 3.37. The average molecular weight is 154 g/mol. The van der Waals surface area contributed by atoms with Gasteiger partial charge in [-0.05, 0) is 12.0 Å². The van der Waals surface area contributed by atoms with E-state index in [2.05, 4.69) is 14.9 Å². The minimum absolute atomic E-state index is 0.189. The molecule has 0 atom stereocenters. The number of nitrogens with zero attached hydrogens (tertiary/aromatic N) is 1. The maximum absolute atomic E-state index is 10.7. The molecular formula is C7H10N2O2. The van der Waals surface area contributed by atoms with Crippen LogP contribution in [0.3, 0.4) is 0 Å². The standard InChI is InChI=1S/C7H10N2O2/c1-11-7(10)3-2-6-4-8-9-5-6/h4-5H,2-3H2,1H3,(H,8,9). The summed E-state index contributed by atoms with van der Waals surface area (Å²) in [5.41, 5.74) is 1.02. The lowest BCUT2D eigenvalue weighted by Crippen LogP contribution is -2.01. The van der Waals surface area contributed by atoms with E-state index in [9.17, 15) is 4.79 Å². The third-order valence-electron chi connectivity index (χ3n) is 1.40. The lowest BCUT2D eigenvalue weighted by molar-refractivity contribution is -0.140. The number of aromatic nitrogens is 2. The molecule has 60 valence electrons. The van der Waals surface area contributed by atoms with E-state index in [1.165, 1.54) is 7.11 Å². The first-order chi connectivity index (χ1) is 5.33. The molecule has 0 saturated carbocycles. The van der Waals surface area contributed by atoms with Crippen LogP contribution in [0.1, 0.15) is 12.0 Å². The summed E-state index contributed by atoms with van der Waals surface area (Å²) in [5, 5.41) is 6.42. The fourth-order valence-corrected chi connectivity index (χ4v) is 0.763. The van der Waals surface area contributed by atoms with Crippen LogP contribution >= 0.6 is 0 Å². The summed E-state index contributed by atoms with van der Waals surface area (Å²) in [6, 6.07) is 0. The van der Waals surface area contributed by atoms with E-state index in [0.29, 0.717) is 12.8 Å². The molecule has 0 spiro atoms. The highest BCUT2D eigenvalue weighted by Gasteiger charge is 2.00. The van der Waals surface area contributed by atoms with E-state index in [0.717, 1.165) is 5.56 Å². The monoisotopic (exact) mass is 154 g/mol. The van der Waals surface area contributed by atoms with Gasteiger partial charge < -0.3 is 4.74 Å². The van der Waals surface area contributed by atoms with Gasteiger partial charge in [0, 0.05) is 12.6 Å². The van der Waals surface area contributed by atoms with E-state index in [1.54, 1.807) is 12.4 Å². The Morgan fingerprint density at radius 1 is 1.82 bits per heavy atom. The Kier molecular flexibility index (Phi) is 2.66. The van der Waals surface area contributed by atoms with Crippen molar-refractivity contribution in [2.24, 2.45) is 0 Å². The minimum Gasteiger partial charge on any atom is -0.469 e. The molecule has 4 nitrogen and oxygen atoms in total. The van der Waals surface area contributed by atoms with Gasteiger partial charge in [-0.15, -0.1) is 0 Å². The Labute approximate surface area is 64.6 Å². The van der Waals surface area contributed by atoms with Gasteiger partial charge in [0.05, 0.1) is 13.3 Å². The Morgan fingerprint density at radius 2 is 2.64 bits per heavy atom. The molecule has 4 heteroatoms. The van der Waals surface area contributed by atoms with Crippen LogP contribution in [-0.4, -0.2) is 23.3 Å². The van der Waals surface area contributed by atoms with E-state index in [-0.39, 0.29) is 5.97 Å². The van der Waals surface area contributed by atoms with Crippen LogP contribution in [0.4, 0.5) is 0 Å². The average Bonchev–Trinajstić information content (AvgIpc) is 2.52. The second-order valence-corrected chi connectivity index (χ2v) is 2.18. The van der Waals surface area contributed by atoms with E-state index < -0.39 is 0 Å². The number of methoxy groups -OCH3 is 1. The number of carbonyl (C=O) groups excluding carboxylic acids is 1. The van der Waals surface area contributed by atoms with Gasteiger partial charge in [0.2, 0.25) is 0 Å². The minimum atomic E-state index is -0.189. The van der Waals surface area contributed by atoms with Gasteiger partial charge in [-0.2, -0.15) is 5.10 Å². The summed E-state index contributed by atoms with van der Waals surface area (Å²) in [4.78, 5) is 10.7. The van der Waals surface area contributed by atoms with Crippen molar-refractivity contribution in [2.45, 2.75) is 12.8 Å².